The van der Waals surface area contributed by atoms with Crippen LogP contribution >= 0.6 is 22.6 Å². The molecular weight excluding hydrogens is 441 g/mol. The average Bonchev–Trinajstić information content (AvgIpc) is 2.84. The average molecular weight is 459 g/mol. The van der Waals surface area contributed by atoms with Crippen molar-refractivity contribution in [2.75, 3.05) is 11.9 Å². The van der Waals surface area contributed by atoms with Gasteiger partial charge in [0, 0.05) is 21.2 Å². The summed E-state index contributed by atoms with van der Waals surface area (Å²) in [5.74, 6) is 0.0366. The molecular formula is C20H18IN3O2. The summed E-state index contributed by atoms with van der Waals surface area (Å²) in [6.07, 6.45) is 3.18. The number of carboxylic acid groups (broad SMARTS) is 1. The van der Waals surface area contributed by atoms with Crippen molar-refractivity contribution in [3.63, 3.8) is 0 Å². The van der Waals surface area contributed by atoms with E-state index in [0.717, 1.165) is 48.6 Å². The van der Waals surface area contributed by atoms with Gasteiger partial charge in [-0.3, -0.25) is 0 Å². The van der Waals surface area contributed by atoms with Crippen molar-refractivity contribution in [1.29, 1.82) is 0 Å². The molecule has 0 bridgehead atoms. The number of aromatic carboxylic acids is 1. The summed E-state index contributed by atoms with van der Waals surface area (Å²) in [5.41, 5.74) is 4.26. The Bertz CT molecular complexity index is 964. The maximum Gasteiger partial charge on any atom is 0.335 e. The smallest absolute Gasteiger partial charge is 0.335 e. The van der Waals surface area contributed by atoms with Crippen molar-refractivity contribution < 1.29 is 9.90 Å². The summed E-state index contributed by atoms with van der Waals surface area (Å²) in [4.78, 5) is 11.3. The third-order valence-corrected chi connectivity index (χ3v) is 5.30. The number of nitrogens with one attached hydrogen (secondary N) is 1. The van der Waals surface area contributed by atoms with Gasteiger partial charge < -0.3 is 10.4 Å². The van der Waals surface area contributed by atoms with Crippen LogP contribution in [-0.2, 0) is 6.42 Å². The van der Waals surface area contributed by atoms with E-state index in [1.807, 2.05) is 10.7 Å². The van der Waals surface area contributed by atoms with Crippen LogP contribution in [0.3, 0.4) is 0 Å². The Kier molecular flexibility index (Phi) is 4.67. The van der Waals surface area contributed by atoms with E-state index in [1.54, 1.807) is 18.2 Å². The SMILES string of the molecule is O=C(O)c1cccc(-n2nc(-c3ccc(I)cc3)c3c2NCCCC3)c1. The lowest BCUT2D eigenvalue weighted by Gasteiger charge is -2.09. The zero-order valence-electron chi connectivity index (χ0n) is 14.1. The molecule has 1 aromatic heterocycles. The number of hydrogen-bond donors (Lipinski definition) is 2. The fraction of sp³-hybridized carbons (Fsp3) is 0.200. The second kappa shape index (κ2) is 7.11. The highest BCUT2D eigenvalue weighted by Crippen LogP contribution is 2.34. The number of anilines is 1. The van der Waals surface area contributed by atoms with E-state index in [4.69, 9.17) is 5.10 Å². The van der Waals surface area contributed by atoms with Gasteiger partial charge in [-0.15, -0.1) is 0 Å². The highest BCUT2D eigenvalue weighted by molar-refractivity contribution is 14.1. The monoisotopic (exact) mass is 459 g/mol. The third-order valence-electron chi connectivity index (χ3n) is 4.58. The molecule has 132 valence electrons. The van der Waals surface area contributed by atoms with E-state index in [9.17, 15) is 9.90 Å². The molecule has 0 saturated carbocycles. The van der Waals surface area contributed by atoms with Crippen LogP contribution in [0, 0.1) is 3.57 Å². The Morgan fingerprint density at radius 3 is 2.73 bits per heavy atom. The molecule has 0 spiro atoms. The minimum Gasteiger partial charge on any atom is -0.478 e. The first-order valence-electron chi connectivity index (χ1n) is 8.59. The second-order valence-electron chi connectivity index (χ2n) is 6.33. The molecule has 0 saturated heterocycles. The van der Waals surface area contributed by atoms with Gasteiger partial charge in [0.25, 0.3) is 0 Å². The quantitative estimate of drug-likeness (QED) is 0.563. The molecule has 0 unspecified atom stereocenters. The van der Waals surface area contributed by atoms with E-state index in [0.29, 0.717) is 0 Å². The van der Waals surface area contributed by atoms with Gasteiger partial charge in [-0.25, -0.2) is 9.48 Å². The lowest BCUT2D eigenvalue weighted by Crippen LogP contribution is -2.08. The number of aromatic nitrogens is 2. The summed E-state index contributed by atoms with van der Waals surface area (Å²) in [5, 5.41) is 17.7. The number of hydrogen-bond acceptors (Lipinski definition) is 3. The first-order chi connectivity index (χ1) is 12.6. The van der Waals surface area contributed by atoms with Gasteiger partial charge in [0.2, 0.25) is 0 Å². The molecule has 0 aliphatic carbocycles. The Balaban J connectivity index is 1.89. The van der Waals surface area contributed by atoms with Crippen LogP contribution < -0.4 is 5.32 Å². The van der Waals surface area contributed by atoms with E-state index < -0.39 is 5.97 Å². The largest absolute Gasteiger partial charge is 0.478 e. The minimum absolute atomic E-state index is 0.260. The third kappa shape index (κ3) is 3.21. The van der Waals surface area contributed by atoms with E-state index >= 15 is 0 Å². The molecule has 1 aliphatic rings. The van der Waals surface area contributed by atoms with Crippen molar-refractivity contribution >= 4 is 34.4 Å². The topological polar surface area (TPSA) is 67.1 Å². The zero-order valence-corrected chi connectivity index (χ0v) is 16.2. The van der Waals surface area contributed by atoms with Gasteiger partial charge in [0.05, 0.1) is 16.9 Å². The molecule has 26 heavy (non-hydrogen) atoms. The number of benzene rings is 2. The lowest BCUT2D eigenvalue weighted by molar-refractivity contribution is 0.0697. The number of halogens is 1. The van der Waals surface area contributed by atoms with Gasteiger partial charge in [-0.05, 0) is 72.2 Å². The Morgan fingerprint density at radius 1 is 1.15 bits per heavy atom. The molecule has 0 radical (unpaired) electrons. The van der Waals surface area contributed by atoms with E-state index in [-0.39, 0.29) is 5.56 Å². The second-order valence-corrected chi connectivity index (χ2v) is 7.58. The van der Waals surface area contributed by atoms with Gasteiger partial charge in [0.1, 0.15) is 5.82 Å². The number of rotatable bonds is 3. The number of carbonyl (C=O) groups is 1. The van der Waals surface area contributed by atoms with Crippen LogP contribution in [-0.4, -0.2) is 27.4 Å². The van der Waals surface area contributed by atoms with Crippen LogP contribution in [0.1, 0.15) is 28.8 Å². The fourth-order valence-electron chi connectivity index (χ4n) is 3.30. The maximum atomic E-state index is 11.3. The molecule has 6 heteroatoms. The van der Waals surface area contributed by atoms with Crippen molar-refractivity contribution in [1.82, 2.24) is 9.78 Å². The molecule has 1 aliphatic heterocycles. The molecule has 3 aromatic rings. The van der Waals surface area contributed by atoms with Crippen molar-refractivity contribution in [2.24, 2.45) is 0 Å². The molecule has 0 fully saturated rings. The maximum absolute atomic E-state index is 11.3. The number of nitrogens with zero attached hydrogens (tertiary/aromatic N) is 2. The molecule has 2 N–H and O–H groups in total. The molecule has 0 atom stereocenters. The normalized spacial score (nSPS) is 13.6. The van der Waals surface area contributed by atoms with Gasteiger partial charge in [-0.2, -0.15) is 5.10 Å². The zero-order chi connectivity index (χ0) is 18.1. The van der Waals surface area contributed by atoms with Crippen molar-refractivity contribution in [3.8, 4) is 16.9 Å². The fourth-order valence-corrected chi connectivity index (χ4v) is 3.66. The number of fused-ring (bicyclic) bond motifs is 1. The lowest BCUT2D eigenvalue weighted by atomic mass is 10.0. The van der Waals surface area contributed by atoms with Gasteiger partial charge in [0.15, 0.2) is 0 Å². The van der Waals surface area contributed by atoms with Gasteiger partial charge in [-0.1, -0.05) is 18.2 Å². The molecule has 2 aromatic carbocycles. The summed E-state index contributed by atoms with van der Waals surface area (Å²) in [6.45, 7) is 0.892. The first kappa shape index (κ1) is 17.1. The summed E-state index contributed by atoms with van der Waals surface area (Å²) in [7, 11) is 0. The summed E-state index contributed by atoms with van der Waals surface area (Å²) >= 11 is 2.30. The molecule has 5 nitrogen and oxygen atoms in total. The van der Waals surface area contributed by atoms with E-state index in [2.05, 4.69) is 52.2 Å². The minimum atomic E-state index is -0.934. The highest BCUT2D eigenvalue weighted by Gasteiger charge is 2.22. The van der Waals surface area contributed by atoms with Crippen LogP contribution in [0.15, 0.2) is 48.5 Å². The van der Waals surface area contributed by atoms with Crippen LogP contribution in [0.25, 0.3) is 16.9 Å². The van der Waals surface area contributed by atoms with Gasteiger partial charge >= 0.3 is 5.97 Å². The predicted molar refractivity (Wildman–Crippen MR) is 110 cm³/mol. The summed E-state index contributed by atoms with van der Waals surface area (Å²) < 4.78 is 3.03. The number of carboxylic acids is 1. The molecule has 2 heterocycles. The van der Waals surface area contributed by atoms with Crippen LogP contribution in [0.4, 0.5) is 5.82 Å². The van der Waals surface area contributed by atoms with Crippen LogP contribution in [0.5, 0.6) is 0 Å². The Morgan fingerprint density at radius 2 is 1.96 bits per heavy atom. The standard InChI is InChI=1S/C20H18IN3O2/c21-15-9-7-13(8-10-15)18-17-6-1-2-11-22-19(17)24(23-18)16-5-3-4-14(12-16)20(25)26/h3-5,7-10,12,22H,1-2,6,11H2,(H,25,26). The molecule has 4 rings (SSSR count). The van der Waals surface area contributed by atoms with Crippen molar-refractivity contribution in [3.05, 3.63) is 63.2 Å². The van der Waals surface area contributed by atoms with Crippen molar-refractivity contribution in [2.45, 2.75) is 19.3 Å². The molecule has 0 amide bonds. The Labute approximate surface area is 165 Å². The summed E-state index contributed by atoms with van der Waals surface area (Å²) in [6, 6.07) is 15.3. The Hall–Kier alpha value is -2.35. The van der Waals surface area contributed by atoms with E-state index in [1.165, 1.54) is 9.13 Å². The van der Waals surface area contributed by atoms with Crippen LogP contribution in [0.2, 0.25) is 0 Å². The first-order valence-corrected chi connectivity index (χ1v) is 9.67. The highest BCUT2D eigenvalue weighted by atomic mass is 127. The predicted octanol–water partition coefficient (Wildman–Crippen LogP) is 4.59.